The zero-order valence-corrected chi connectivity index (χ0v) is 15.5. The molecule has 0 amide bonds. The zero-order chi connectivity index (χ0) is 18.8. The van der Waals surface area contributed by atoms with Crippen LogP contribution in [0.2, 0.25) is 0 Å². The van der Waals surface area contributed by atoms with Crippen LogP contribution in [-0.4, -0.2) is 27.0 Å². The minimum Gasteiger partial charge on any atom is -0.388 e. The Bertz CT molecular complexity index is 975. The maximum atomic E-state index is 5.94. The lowest BCUT2D eigenvalue weighted by molar-refractivity contribution is 0.702. The summed E-state index contributed by atoms with van der Waals surface area (Å²) in [7, 11) is 0. The van der Waals surface area contributed by atoms with Crippen LogP contribution in [0.4, 0.5) is 11.5 Å². The Morgan fingerprint density at radius 2 is 2.19 bits per heavy atom. The van der Waals surface area contributed by atoms with Crippen LogP contribution < -0.4 is 27.0 Å². The lowest BCUT2D eigenvalue weighted by Gasteiger charge is -2.18. The molecule has 3 aromatic heterocycles. The lowest BCUT2D eigenvalue weighted by atomic mass is 10.1. The van der Waals surface area contributed by atoms with E-state index in [1.807, 2.05) is 40.0 Å². The van der Waals surface area contributed by atoms with Gasteiger partial charge in [0.15, 0.2) is 5.82 Å². The lowest BCUT2D eigenvalue weighted by Crippen LogP contribution is -2.35. The summed E-state index contributed by atoms with van der Waals surface area (Å²) in [5, 5.41) is 5.28. The van der Waals surface area contributed by atoms with Gasteiger partial charge in [-0.1, -0.05) is 6.07 Å². The summed E-state index contributed by atoms with van der Waals surface area (Å²) in [6.07, 6.45) is 7.76. The Balaban J connectivity index is 1.59. The van der Waals surface area contributed by atoms with Crippen LogP contribution in [0.3, 0.4) is 0 Å². The second kappa shape index (κ2) is 7.26. The van der Waals surface area contributed by atoms with Gasteiger partial charge in [-0.25, -0.2) is 9.97 Å². The maximum Gasteiger partial charge on any atom is 0.170 e. The van der Waals surface area contributed by atoms with Crippen molar-refractivity contribution >= 4 is 22.7 Å². The molecule has 3 aromatic rings. The topological polar surface area (TPSA) is 95.5 Å². The molecule has 0 aliphatic carbocycles. The first-order chi connectivity index (χ1) is 13.1. The number of rotatable bonds is 6. The first kappa shape index (κ1) is 17.3. The molecule has 27 heavy (non-hydrogen) atoms. The number of imidazole rings is 1. The predicted molar refractivity (Wildman–Crippen MR) is 108 cm³/mol. The molecule has 0 atom stereocenters. The van der Waals surface area contributed by atoms with Gasteiger partial charge in [0.25, 0.3) is 0 Å². The number of nitrogens with zero attached hydrogens (tertiary/aromatic N) is 4. The average Bonchev–Trinajstić information content (AvgIpc) is 3.28. The number of anilines is 2. The van der Waals surface area contributed by atoms with Crippen molar-refractivity contribution in [2.45, 2.75) is 26.4 Å². The molecule has 0 bridgehead atoms. The summed E-state index contributed by atoms with van der Waals surface area (Å²) >= 11 is 0. The van der Waals surface area contributed by atoms with E-state index in [1.165, 1.54) is 0 Å². The van der Waals surface area contributed by atoms with Gasteiger partial charge in [-0.15, -0.1) is 5.53 Å². The molecular formula is C19H24N8. The fraction of sp³-hybridized carbons (Fsp3) is 0.263. The van der Waals surface area contributed by atoms with Crippen LogP contribution in [0, 0.1) is 0 Å². The standard InChI is InChI=1S/C19H24N8/c1-13(2)22-10-15(9-20)16-4-5-17-19(23-16)27(25-24-17)12-14-3-6-18-21-7-8-26(18)11-14/h3-8,10-11,13,22,24-25H,9,12,20H2,1-2H3/b15-10+. The molecule has 4 rings (SSSR count). The van der Waals surface area contributed by atoms with Crippen LogP contribution >= 0.6 is 0 Å². The Morgan fingerprint density at radius 3 is 3.00 bits per heavy atom. The molecule has 4 heterocycles. The van der Waals surface area contributed by atoms with Crippen LogP contribution in [0.25, 0.3) is 11.2 Å². The van der Waals surface area contributed by atoms with Crippen LogP contribution in [0.5, 0.6) is 0 Å². The molecule has 0 radical (unpaired) electrons. The molecule has 1 aliphatic rings. The molecule has 0 unspecified atom stereocenters. The van der Waals surface area contributed by atoms with Crippen molar-refractivity contribution in [2.75, 3.05) is 17.0 Å². The molecule has 140 valence electrons. The van der Waals surface area contributed by atoms with Crippen LogP contribution in [0.15, 0.2) is 49.1 Å². The molecule has 0 fully saturated rings. The van der Waals surface area contributed by atoms with Gasteiger partial charge < -0.3 is 20.9 Å². The molecular weight excluding hydrogens is 340 g/mol. The minimum atomic E-state index is 0.346. The van der Waals surface area contributed by atoms with Crippen molar-refractivity contribution in [3.63, 3.8) is 0 Å². The molecule has 5 N–H and O–H groups in total. The van der Waals surface area contributed by atoms with E-state index in [4.69, 9.17) is 10.7 Å². The Labute approximate surface area is 158 Å². The summed E-state index contributed by atoms with van der Waals surface area (Å²) in [6.45, 7) is 5.26. The fourth-order valence-corrected chi connectivity index (χ4v) is 2.97. The fourth-order valence-electron chi connectivity index (χ4n) is 2.97. The van der Waals surface area contributed by atoms with E-state index in [1.54, 1.807) is 6.20 Å². The van der Waals surface area contributed by atoms with Gasteiger partial charge in [0.05, 0.1) is 17.9 Å². The van der Waals surface area contributed by atoms with Crippen LogP contribution in [0.1, 0.15) is 25.1 Å². The van der Waals surface area contributed by atoms with Crippen molar-refractivity contribution in [2.24, 2.45) is 5.73 Å². The quantitative estimate of drug-likeness (QED) is 0.530. The third kappa shape index (κ3) is 3.57. The van der Waals surface area contributed by atoms with Gasteiger partial charge in [0.1, 0.15) is 5.65 Å². The number of pyridine rings is 2. The number of nitrogens with two attached hydrogens (primary N) is 1. The SMILES string of the molecule is CC(C)N/C=C(\CN)c1ccc2c(n1)N(Cc1ccc3nccn3c1)NN2. The van der Waals surface area contributed by atoms with E-state index in [0.717, 1.165) is 34.0 Å². The molecule has 1 aliphatic heterocycles. The highest BCUT2D eigenvalue weighted by atomic mass is 15.7. The Kier molecular flexibility index (Phi) is 4.66. The highest BCUT2D eigenvalue weighted by molar-refractivity contribution is 5.74. The van der Waals surface area contributed by atoms with Crippen molar-refractivity contribution in [3.05, 3.63) is 60.3 Å². The van der Waals surface area contributed by atoms with E-state index in [9.17, 15) is 0 Å². The number of fused-ring (bicyclic) bond motifs is 2. The second-order valence-corrected chi connectivity index (χ2v) is 6.82. The van der Waals surface area contributed by atoms with Gasteiger partial charge in [-0.2, -0.15) is 0 Å². The summed E-state index contributed by atoms with van der Waals surface area (Å²) in [4.78, 5) is 9.11. The molecule has 0 saturated carbocycles. The number of aromatic nitrogens is 3. The van der Waals surface area contributed by atoms with E-state index < -0.39 is 0 Å². The van der Waals surface area contributed by atoms with Gasteiger partial charge in [0, 0.05) is 43.0 Å². The van der Waals surface area contributed by atoms with E-state index >= 15 is 0 Å². The van der Waals surface area contributed by atoms with Gasteiger partial charge in [-0.05, 0) is 37.6 Å². The number of nitrogens with one attached hydrogen (secondary N) is 3. The molecule has 0 aromatic carbocycles. The summed E-state index contributed by atoms with van der Waals surface area (Å²) in [6, 6.07) is 8.43. The summed E-state index contributed by atoms with van der Waals surface area (Å²) in [5.74, 6) is 0.849. The number of hydrogen-bond acceptors (Lipinski definition) is 7. The first-order valence-electron chi connectivity index (χ1n) is 9.01. The first-order valence-corrected chi connectivity index (χ1v) is 9.01. The van der Waals surface area contributed by atoms with Crippen molar-refractivity contribution in [1.29, 1.82) is 0 Å². The smallest absolute Gasteiger partial charge is 0.170 e. The van der Waals surface area contributed by atoms with E-state index in [0.29, 0.717) is 19.1 Å². The Hall–Kier alpha value is -3.10. The van der Waals surface area contributed by atoms with E-state index in [2.05, 4.69) is 47.4 Å². The summed E-state index contributed by atoms with van der Waals surface area (Å²) < 4.78 is 2.01. The molecule has 0 saturated heterocycles. The van der Waals surface area contributed by atoms with Gasteiger partial charge in [-0.3, -0.25) is 5.01 Å². The maximum absolute atomic E-state index is 5.94. The largest absolute Gasteiger partial charge is 0.388 e. The summed E-state index contributed by atoms with van der Waals surface area (Å²) in [5.41, 5.74) is 17.1. The molecule has 0 spiro atoms. The molecule has 8 heteroatoms. The van der Waals surface area contributed by atoms with Crippen molar-refractivity contribution < 1.29 is 0 Å². The zero-order valence-electron chi connectivity index (χ0n) is 15.5. The Morgan fingerprint density at radius 1 is 1.30 bits per heavy atom. The highest BCUT2D eigenvalue weighted by Gasteiger charge is 2.21. The van der Waals surface area contributed by atoms with Gasteiger partial charge >= 0.3 is 0 Å². The highest BCUT2D eigenvalue weighted by Crippen LogP contribution is 2.29. The third-order valence-corrected chi connectivity index (χ3v) is 4.39. The predicted octanol–water partition coefficient (Wildman–Crippen LogP) is 1.88. The molecule has 8 nitrogen and oxygen atoms in total. The van der Waals surface area contributed by atoms with E-state index in [-0.39, 0.29) is 0 Å². The second-order valence-electron chi connectivity index (χ2n) is 6.82. The average molecular weight is 364 g/mol. The number of hydrazine groups is 2. The van der Waals surface area contributed by atoms with Gasteiger partial charge in [0.2, 0.25) is 0 Å². The normalized spacial score (nSPS) is 13.9. The van der Waals surface area contributed by atoms with Crippen molar-refractivity contribution in [3.8, 4) is 0 Å². The van der Waals surface area contributed by atoms with Crippen LogP contribution in [-0.2, 0) is 6.54 Å². The third-order valence-electron chi connectivity index (χ3n) is 4.39. The minimum absolute atomic E-state index is 0.346. The monoisotopic (exact) mass is 364 g/mol. The van der Waals surface area contributed by atoms with Crippen molar-refractivity contribution in [1.82, 2.24) is 25.2 Å². The number of hydrogen-bond donors (Lipinski definition) is 4.